The average Bonchev–Trinajstić information content (AvgIpc) is 2.71. The van der Waals surface area contributed by atoms with Crippen LogP contribution in [-0.4, -0.2) is 40.5 Å². The highest BCUT2D eigenvalue weighted by molar-refractivity contribution is 6.60. The van der Waals surface area contributed by atoms with Crippen molar-refractivity contribution in [3.8, 4) is 5.75 Å². The molecule has 0 spiro atoms. The lowest BCUT2D eigenvalue weighted by molar-refractivity contribution is -0.145. The number of nitrogens with zero attached hydrogens (tertiary/aromatic N) is 3. The van der Waals surface area contributed by atoms with Gasteiger partial charge in [-0.1, -0.05) is 54.6 Å². The van der Waals surface area contributed by atoms with E-state index in [0.29, 0.717) is 19.6 Å². The number of carbonyl (C=O) groups is 2. The molecule has 0 amide bonds. The molecule has 7 nitrogen and oxygen atoms in total. The number of benzene rings is 2. The fraction of sp³-hybridized carbons (Fsp3) is 0.227. The number of rotatable bonds is 10. The lowest BCUT2D eigenvalue weighted by atomic mass is 10.1. The van der Waals surface area contributed by atoms with Crippen molar-refractivity contribution in [1.82, 2.24) is 4.90 Å². The summed E-state index contributed by atoms with van der Waals surface area (Å²) < 4.78 is 10.0. The number of hydrogen-bond acceptors (Lipinski definition) is 5. The fourth-order valence-corrected chi connectivity index (χ4v) is 2.70. The third-order valence-corrected chi connectivity index (χ3v) is 3.97. The summed E-state index contributed by atoms with van der Waals surface area (Å²) in [7, 11) is 0. The highest BCUT2D eigenvalue weighted by Crippen LogP contribution is 2.21. The van der Waals surface area contributed by atoms with Gasteiger partial charge in [0.1, 0.15) is 5.75 Å². The van der Waals surface area contributed by atoms with Gasteiger partial charge in [0, 0.05) is 25.2 Å². The van der Waals surface area contributed by atoms with Gasteiger partial charge >= 0.3 is 17.7 Å². The first-order valence-electron chi connectivity index (χ1n) is 9.15. The Kier molecular flexibility index (Phi) is 8.51. The molecule has 0 bridgehead atoms. The molecule has 2 aromatic carbocycles. The molecule has 0 saturated heterocycles. The molecule has 2 aromatic rings. The smallest absolute Gasteiger partial charge is 0.457 e. The lowest BCUT2D eigenvalue weighted by Gasteiger charge is -2.22. The predicted octanol–water partition coefficient (Wildman–Crippen LogP) is 3.01. The number of ether oxygens (including phenoxy) is 2. The molecule has 29 heavy (non-hydrogen) atoms. The Hall–Kier alpha value is -3.54. The summed E-state index contributed by atoms with van der Waals surface area (Å²) >= 11 is 0. The van der Waals surface area contributed by atoms with Gasteiger partial charge in [-0.05, 0) is 18.6 Å². The summed E-state index contributed by atoms with van der Waals surface area (Å²) in [6.45, 7) is 7.21. The first-order chi connectivity index (χ1) is 14.1. The quantitative estimate of drug-likeness (QED) is 0.118. The van der Waals surface area contributed by atoms with Crippen LogP contribution in [0.1, 0.15) is 18.1 Å². The van der Waals surface area contributed by atoms with Gasteiger partial charge in [-0.3, -0.25) is 4.90 Å². The van der Waals surface area contributed by atoms with E-state index in [1.807, 2.05) is 42.5 Å². The van der Waals surface area contributed by atoms with Crippen LogP contribution in [0.5, 0.6) is 5.75 Å². The Labute approximate surface area is 169 Å². The molecule has 0 radical (unpaired) electrons. The highest BCUT2D eigenvalue weighted by Gasteiger charge is 2.34. The molecule has 2 rings (SSSR count). The van der Waals surface area contributed by atoms with Crippen LogP contribution in [0.3, 0.4) is 0 Å². The molecule has 0 heterocycles. The second-order valence-corrected chi connectivity index (χ2v) is 6.11. The van der Waals surface area contributed by atoms with Crippen molar-refractivity contribution in [2.24, 2.45) is 0 Å². The second-order valence-electron chi connectivity index (χ2n) is 6.11. The zero-order chi connectivity index (χ0) is 21.1. The van der Waals surface area contributed by atoms with E-state index in [1.54, 1.807) is 25.1 Å². The molecule has 0 N–H and O–H groups in total. The van der Waals surface area contributed by atoms with Crippen molar-refractivity contribution >= 4 is 17.7 Å². The lowest BCUT2D eigenvalue weighted by Crippen LogP contribution is -2.31. The molecule has 0 fully saturated rings. The summed E-state index contributed by atoms with van der Waals surface area (Å²) in [5, 5.41) is 0. The normalized spacial score (nSPS) is 10.1. The van der Waals surface area contributed by atoms with Gasteiger partial charge in [0.15, 0.2) is 0 Å². The number of hydrogen-bond donors (Lipinski definition) is 0. The van der Waals surface area contributed by atoms with E-state index in [1.165, 1.54) is 0 Å². The van der Waals surface area contributed by atoms with E-state index in [4.69, 9.17) is 15.0 Å². The monoisotopic (exact) mass is 393 g/mol. The van der Waals surface area contributed by atoms with Crippen molar-refractivity contribution in [2.45, 2.75) is 20.0 Å². The molecule has 150 valence electrons. The maximum Gasteiger partial charge on any atom is 0.483 e. The van der Waals surface area contributed by atoms with Crippen molar-refractivity contribution in [3.05, 3.63) is 83.9 Å². The van der Waals surface area contributed by atoms with Crippen LogP contribution >= 0.6 is 0 Å². The van der Waals surface area contributed by atoms with Crippen LogP contribution in [0.15, 0.2) is 67.3 Å². The van der Waals surface area contributed by atoms with E-state index in [2.05, 4.69) is 16.3 Å². The molecular formula is C22H23N3O4. The van der Waals surface area contributed by atoms with E-state index >= 15 is 0 Å². The summed E-state index contributed by atoms with van der Waals surface area (Å²) in [6, 6.07) is 16.9. The van der Waals surface area contributed by atoms with Crippen LogP contribution in [0, 0.1) is 0 Å². The van der Waals surface area contributed by atoms with E-state index in [0.717, 1.165) is 11.1 Å². The molecule has 0 aliphatic rings. The van der Waals surface area contributed by atoms with Crippen molar-refractivity contribution in [1.29, 1.82) is 0 Å². The zero-order valence-electron chi connectivity index (χ0n) is 16.3. The number of esters is 2. The van der Waals surface area contributed by atoms with E-state index in [-0.39, 0.29) is 12.4 Å². The van der Waals surface area contributed by atoms with Gasteiger partial charge in [0.2, 0.25) is 0 Å². The van der Waals surface area contributed by atoms with Gasteiger partial charge in [-0.2, -0.15) is 4.79 Å². The van der Waals surface area contributed by atoms with Crippen LogP contribution in [0.2, 0.25) is 0 Å². The third-order valence-electron chi connectivity index (χ3n) is 3.97. The van der Waals surface area contributed by atoms with Crippen molar-refractivity contribution < 1.29 is 23.9 Å². The highest BCUT2D eigenvalue weighted by atomic mass is 16.6. The topological polar surface area (TPSA) is 92.2 Å². The van der Waals surface area contributed by atoms with Gasteiger partial charge in [0.25, 0.3) is 0 Å². The fourth-order valence-electron chi connectivity index (χ4n) is 2.70. The summed E-state index contributed by atoms with van der Waals surface area (Å²) in [4.78, 5) is 28.8. The largest absolute Gasteiger partial charge is 0.483 e. The zero-order valence-corrected chi connectivity index (χ0v) is 16.3. The summed E-state index contributed by atoms with van der Waals surface area (Å²) in [5.41, 5.74) is 10.1. The minimum Gasteiger partial charge on any atom is -0.457 e. The second kappa shape index (κ2) is 11.3. The summed E-state index contributed by atoms with van der Waals surface area (Å²) in [6.07, 6.45) is 1.80. The summed E-state index contributed by atoms with van der Waals surface area (Å²) in [5.74, 6) is -1.86. The van der Waals surface area contributed by atoms with Crippen LogP contribution in [0.25, 0.3) is 5.53 Å². The Morgan fingerprint density at radius 3 is 2.41 bits per heavy atom. The van der Waals surface area contributed by atoms with Crippen LogP contribution in [-0.2, 0) is 27.4 Å². The molecule has 0 saturated carbocycles. The maximum absolute atomic E-state index is 12.3. The molecule has 0 unspecified atom stereocenters. The average molecular weight is 393 g/mol. The molecule has 0 atom stereocenters. The van der Waals surface area contributed by atoms with Gasteiger partial charge < -0.3 is 15.0 Å². The van der Waals surface area contributed by atoms with E-state index < -0.39 is 17.7 Å². The Morgan fingerprint density at radius 2 is 1.76 bits per heavy atom. The number of carbonyl (C=O) groups excluding carboxylic acids is 2. The molecule has 0 aliphatic heterocycles. The van der Waals surface area contributed by atoms with Gasteiger partial charge in [-0.15, -0.1) is 6.58 Å². The number of para-hydroxylation sites is 1. The molecule has 7 heteroatoms. The predicted molar refractivity (Wildman–Crippen MR) is 108 cm³/mol. The van der Waals surface area contributed by atoms with E-state index in [9.17, 15) is 9.59 Å². The van der Waals surface area contributed by atoms with Gasteiger partial charge in [0.05, 0.1) is 6.61 Å². The third kappa shape index (κ3) is 6.53. The SMILES string of the molecule is C=CCN(Cc1ccccc1)Cc1ccccc1OC(=O)C(=[N+]=[N-])C(=O)OCC. The van der Waals surface area contributed by atoms with Crippen LogP contribution in [0.4, 0.5) is 0 Å². The maximum atomic E-state index is 12.3. The van der Waals surface area contributed by atoms with Crippen molar-refractivity contribution in [2.75, 3.05) is 13.2 Å². The molecule has 0 aliphatic carbocycles. The Bertz CT molecular complexity index is 905. The standard InChI is InChI=1S/C22H23N3O4/c1-3-14-25(15-17-10-6-5-7-11-17)16-18-12-8-9-13-19(18)29-22(27)20(24-23)21(26)28-4-2/h3,5-13H,1,4,14-16H2,2H3. The first-order valence-corrected chi connectivity index (χ1v) is 9.15. The van der Waals surface area contributed by atoms with Crippen molar-refractivity contribution in [3.63, 3.8) is 0 Å². The Morgan fingerprint density at radius 1 is 1.07 bits per heavy atom. The minimum atomic E-state index is -1.09. The minimum absolute atomic E-state index is 0.0394. The Balaban J connectivity index is 2.18. The van der Waals surface area contributed by atoms with Gasteiger partial charge in [-0.25, -0.2) is 9.59 Å². The first kappa shape index (κ1) is 21.8. The molecule has 0 aromatic heterocycles. The molecular weight excluding hydrogens is 370 g/mol. The van der Waals surface area contributed by atoms with Crippen LogP contribution < -0.4 is 4.74 Å².